The minimum absolute atomic E-state index is 0.00275. The van der Waals surface area contributed by atoms with Crippen LogP contribution in [0, 0.1) is 25.7 Å². The van der Waals surface area contributed by atoms with E-state index in [4.69, 9.17) is 5.11 Å². The summed E-state index contributed by atoms with van der Waals surface area (Å²) < 4.78 is 0. The van der Waals surface area contributed by atoms with Crippen molar-refractivity contribution in [2.75, 3.05) is 0 Å². The van der Waals surface area contributed by atoms with Crippen LogP contribution in [-0.2, 0) is 9.59 Å². The third-order valence-corrected chi connectivity index (χ3v) is 5.68. The van der Waals surface area contributed by atoms with Gasteiger partial charge in [0.15, 0.2) is 5.78 Å². The van der Waals surface area contributed by atoms with Crippen molar-refractivity contribution in [1.29, 1.82) is 0 Å². The number of carboxylic acids is 1. The molecule has 0 spiro atoms. The summed E-state index contributed by atoms with van der Waals surface area (Å²) in [6, 6.07) is 5.75. The fourth-order valence-corrected chi connectivity index (χ4v) is 3.85. The number of aryl methyl sites for hydroxylation is 1. The van der Waals surface area contributed by atoms with Crippen LogP contribution in [0.3, 0.4) is 0 Å². The van der Waals surface area contributed by atoms with Gasteiger partial charge in [-0.15, -0.1) is 0 Å². The number of hydrogen-bond acceptors (Lipinski definition) is 3. The molecule has 1 aliphatic carbocycles. The van der Waals surface area contributed by atoms with Gasteiger partial charge in [-0.2, -0.15) is 0 Å². The number of ketones is 2. The second-order valence-corrected chi connectivity index (χ2v) is 7.59. The van der Waals surface area contributed by atoms with Gasteiger partial charge in [0, 0.05) is 24.3 Å². The molecule has 146 valence electrons. The Balaban J connectivity index is 1.87. The first kappa shape index (κ1) is 21.1. The van der Waals surface area contributed by atoms with Gasteiger partial charge in [-0.25, -0.2) is 0 Å². The second kappa shape index (κ2) is 10.2. The van der Waals surface area contributed by atoms with Crippen LogP contribution < -0.4 is 0 Å². The number of hydrogen-bond donors (Lipinski definition) is 1. The Morgan fingerprint density at radius 1 is 1.15 bits per heavy atom. The Morgan fingerprint density at radius 2 is 1.89 bits per heavy atom. The van der Waals surface area contributed by atoms with E-state index >= 15 is 0 Å². The van der Waals surface area contributed by atoms with Crippen LogP contribution in [0.15, 0.2) is 30.4 Å². The molecule has 2 rings (SSSR count). The van der Waals surface area contributed by atoms with Crippen molar-refractivity contribution in [3.8, 4) is 0 Å². The molecular formula is C23H30O4. The third kappa shape index (κ3) is 6.16. The monoisotopic (exact) mass is 370 g/mol. The fraction of sp³-hybridized carbons (Fsp3) is 0.522. The molecule has 1 aliphatic rings. The summed E-state index contributed by atoms with van der Waals surface area (Å²) in [5.41, 5.74) is 2.84. The summed E-state index contributed by atoms with van der Waals surface area (Å²) in [5, 5.41) is 8.65. The van der Waals surface area contributed by atoms with Crippen LogP contribution in [-0.4, -0.2) is 22.6 Å². The lowest BCUT2D eigenvalue weighted by molar-refractivity contribution is -0.137. The third-order valence-electron chi connectivity index (χ3n) is 5.68. The summed E-state index contributed by atoms with van der Waals surface area (Å²) in [6.07, 6.45) is 9.51. The highest BCUT2D eigenvalue weighted by molar-refractivity contribution is 6.05. The average Bonchev–Trinajstić information content (AvgIpc) is 2.98. The molecule has 1 saturated carbocycles. The van der Waals surface area contributed by atoms with Gasteiger partial charge >= 0.3 is 5.97 Å². The summed E-state index contributed by atoms with van der Waals surface area (Å²) in [4.78, 5) is 35.3. The first-order valence-electron chi connectivity index (χ1n) is 9.93. The zero-order chi connectivity index (χ0) is 19.8. The van der Waals surface area contributed by atoms with E-state index in [0.29, 0.717) is 18.6 Å². The topological polar surface area (TPSA) is 71.4 Å². The quantitative estimate of drug-likeness (QED) is 0.355. The van der Waals surface area contributed by atoms with E-state index in [1.165, 1.54) is 0 Å². The molecule has 1 aromatic rings. The van der Waals surface area contributed by atoms with E-state index in [0.717, 1.165) is 48.8 Å². The van der Waals surface area contributed by atoms with Gasteiger partial charge in [0.1, 0.15) is 5.78 Å². The number of aliphatic carboxylic acids is 1. The molecule has 2 atom stereocenters. The maximum absolute atomic E-state index is 12.5. The molecule has 4 heteroatoms. The molecule has 0 aromatic heterocycles. The van der Waals surface area contributed by atoms with E-state index in [9.17, 15) is 14.4 Å². The normalized spacial score (nSPS) is 19.7. The molecule has 0 heterocycles. The molecule has 27 heavy (non-hydrogen) atoms. The molecule has 1 N–H and O–H groups in total. The molecule has 0 saturated heterocycles. The summed E-state index contributed by atoms with van der Waals surface area (Å²) in [7, 11) is 0. The summed E-state index contributed by atoms with van der Waals surface area (Å²) >= 11 is 0. The van der Waals surface area contributed by atoms with E-state index < -0.39 is 5.97 Å². The first-order chi connectivity index (χ1) is 12.9. The molecule has 4 nitrogen and oxygen atoms in total. The Hall–Kier alpha value is -2.23. The van der Waals surface area contributed by atoms with Gasteiger partial charge in [0.2, 0.25) is 0 Å². The van der Waals surface area contributed by atoms with E-state index in [-0.39, 0.29) is 24.0 Å². The highest BCUT2D eigenvalue weighted by atomic mass is 16.4. The van der Waals surface area contributed by atoms with Crippen LogP contribution in [0.2, 0.25) is 0 Å². The molecule has 0 radical (unpaired) electrons. The maximum Gasteiger partial charge on any atom is 0.303 e. The fourth-order valence-electron chi connectivity index (χ4n) is 3.85. The number of allylic oxidation sites excluding steroid dienone is 2. The predicted octanol–water partition coefficient (Wildman–Crippen LogP) is 5.06. The molecule has 0 bridgehead atoms. The Bertz CT molecular complexity index is 717. The standard InChI is InChI=1S/C23H30O4/c1-16-8-7-10-19(17(16)2)21(24)14-12-18-13-15-22(25)20(18)9-5-3-4-6-11-23(26)27/h7-8,10,12,14,18,20H,3-6,9,11,13,15H2,1-2H3,(H,26,27)/t18-,20+/m1/s1. The van der Waals surface area contributed by atoms with Crippen LogP contribution in [0.1, 0.15) is 72.9 Å². The van der Waals surface area contributed by atoms with Crippen molar-refractivity contribution in [3.63, 3.8) is 0 Å². The molecule has 0 amide bonds. The molecule has 0 unspecified atom stereocenters. The van der Waals surface area contributed by atoms with Gasteiger partial charge in [0.05, 0.1) is 0 Å². The minimum Gasteiger partial charge on any atom is -0.481 e. The van der Waals surface area contributed by atoms with E-state index in [2.05, 4.69) is 0 Å². The number of Topliss-reactive ketones (excluding diaryl/α,β-unsaturated/α-hetero) is 1. The SMILES string of the molecule is Cc1cccc(C(=O)C=C[C@@H]2CCC(=O)[C@H]2CCCCCCC(=O)O)c1C. The summed E-state index contributed by atoms with van der Waals surface area (Å²) in [6.45, 7) is 3.96. The number of benzene rings is 1. The van der Waals surface area contributed by atoms with Gasteiger partial charge < -0.3 is 5.11 Å². The number of carbonyl (C=O) groups is 3. The molecule has 0 aliphatic heterocycles. The number of rotatable bonds is 10. The predicted molar refractivity (Wildman–Crippen MR) is 106 cm³/mol. The maximum atomic E-state index is 12.5. The smallest absolute Gasteiger partial charge is 0.303 e. The van der Waals surface area contributed by atoms with Crippen LogP contribution in [0.25, 0.3) is 0 Å². The number of unbranched alkanes of at least 4 members (excludes halogenated alkanes) is 3. The van der Waals surface area contributed by atoms with Crippen molar-refractivity contribution in [2.24, 2.45) is 11.8 Å². The van der Waals surface area contributed by atoms with Crippen molar-refractivity contribution in [3.05, 3.63) is 47.0 Å². The lowest BCUT2D eigenvalue weighted by Gasteiger charge is -2.14. The lowest BCUT2D eigenvalue weighted by atomic mass is 9.89. The Labute approximate surface area is 161 Å². The Kier molecular flexibility index (Phi) is 7.96. The van der Waals surface area contributed by atoms with Crippen molar-refractivity contribution in [2.45, 2.75) is 65.2 Å². The molecular weight excluding hydrogens is 340 g/mol. The lowest BCUT2D eigenvalue weighted by Crippen LogP contribution is -2.13. The average molecular weight is 370 g/mol. The first-order valence-corrected chi connectivity index (χ1v) is 9.93. The number of carbonyl (C=O) groups excluding carboxylic acids is 2. The molecule has 1 aromatic carbocycles. The zero-order valence-electron chi connectivity index (χ0n) is 16.4. The van der Waals surface area contributed by atoms with Gasteiger partial charge in [-0.1, -0.05) is 43.5 Å². The van der Waals surface area contributed by atoms with Gasteiger partial charge in [0.25, 0.3) is 0 Å². The van der Waals surface area contributed by atoms with Crippen LogP contribution >= 0.6 is 0 Å². The molecule has 1 fully saturated rings. The van der Waals surface area contributed by atoms with Gasteiger partial charge in [-0.3, -0.25) is 14.4 Å². The van der Waals surface area contributed by atoms with Crippen LogP contribution in [0.5, 0.6) is 0 Å². The van der Waals surface area contributed by atoms with Crippen molar-refractivity contribution >= 4 is 17.5 Å². The van der Waals surface area contributed by atoms with Crippen molar-refractivity contribution in [1.82, 2.24) is 0 Å². The van der Waals surface area contributed by atoms with Crippen LogP contribution in [0.4, 0.5) is 0 Å². The summed E-state index contributed by atoms with van der Waals surface area (Å²) in [5.74, 6) is -0.297. The number of carboxylic acid groups (broad SMARTS) is 1. The minimum atomic E-state index is -0.750. The highest BCUT2D eigenvalue weighted by Gasteiger charge is 2.32. The second-order valence-electron chi connectivity index (χ2n) is 7.59. The van der Waals surface area contributed by atoms with Gasteiger partial charge in [-0.05, 0) is 56.2 Å². The van der Waals surface area contributed by atoms with E-state index in [1.807, 2.05) is 38.1 Å². The Morgan fingerprint density at radius 3 is 2.63 bits per heavy atom. The highest BCUT2D eigenvalue weighted by Crippen LogP contribution is 2.34. The zero-order valence-corrected chi connectivity index (χ0v) is 16.4. The largest absolute Gasteiger partial charge is 0.481 e. The van der Waals surface area contributed by atoms with Crippen molar-refractivity contribution < 1.29 is 19.5 Å². The van der Waals surface area contributed by atoms with E-state index in [1.54, 1.807) is 6.08 Å².